The molecular formula is C24H19F4N3Na2O6. The molecule has 0 aliphatic rings. The van der Waals surface area contributed by atoms with Crippen LogP contribution in [0.5, 0.6) is 11.5 Å². The van der Waals surface area contributed by atoms with Gasteiger partial charge < -0.3 is 34.9 Å². The topological polar surface area (TPSA) is 136 Å². The molecule has 2 N–H and O–H groups in total. The van der Waals surface area contributed by atoms with Crippen molar-refractivity contribution in [1.29, 1.82) is 0 Å². The largest absolute Gasteiger partial charge is 1.00 e. The van der Waals surface area contributed by atoms with E-state index in [1.165, 1.54) is 32.2 Å². The van der Waals surface area contributed by atoms with Crippen LogP contribution in [0.3, 0.4) is 0 Å². The van der Waals surface area contributed by atoms with Crippen LogP contribution in [0.25, 0.3) is 11.1 Å². The zero-order valence-electron chi connectivity index (χ0n) is 21.3. The van der Waals surface area contributed by atoms with E-state index >= 15 is 0 Å². The summed E-state index contributed by atoms with van der Waals surface area (Å²) in [5, 5.41) is 27.8. The third-order valence-corrected chi connectivity index (χ3v) is 5.27. The number of amides is 2. The number of alkyl halides is 3. The van der Waals surface area contributed by atoms with Gasteiger partial charge in [-0.3, -0.25) is 4.79 Å². The average Bonchev–Trinajstić information content (AvgIpc) is 2.78. The van der Waals surface area contributed by atoms with Crippen LogP contribution in [0.2, 0.25) is 0 Å². The van der Waals surface area contributed by atoms with E-state index in [4.69, 9.17) is 0 Å². The predicted octanol–water partition coefficient (Wildman–Crippen LogP) is -3.52. The summed E-state index contributed by atoms with van der Waals surface area (Å²) in [5.41, 5.74) is -0.950. The van der Waals surface area contributed by atoms with Gasteiger partial charge in [0.15, 0.2) is 0 Å². The molecule has 3 aromatic rings. The first-order chi connectivity index (χ1) is 17.2. The van der Waals surface area contributed by atoms with Gasteiger partial charge in [0.1, 0.15) is 17.3 Å². The fourth-order valence-corrected chi connectivity index (χ4v) is 3.49. The van der Waals surface area contributed by atoms with Crippen LogP contribution >= 0.6 is 0 Å². The van der Waals surface area contributed by atoms with Crippen LogP contribution in [0.4, 0.5) is 28.0 Å². The zero-order valence-corrected chi connectivity index (χ0v) is 25.3. The fraction of sp³-hybridized carbons (Fsp3) is 0.208. The minimum absolute atomic E-state index is 0. The molecule has 0 radical (unpaired) electrons. The molecule has 0 saturated heterocycles. The van der Waals surface area contributed by atoms with Crippen molar-refractivity contribution >= 4 is 17.7 Å². The molecule has 0 unspecified atom stereocenters. The maximum absolute atomic E-state index is 14.5. The van der Waals surface area contributed by atoms with Crippen LogP contribution in [0, 0.1) is 12.7 Å². The third-order valence-electron chi connectivity index (χ3n) is 5.27. The second kappa shape index (κ2) is 14.2. The number of hydrogen-bond donors (Lipinski definition) is 2. The Morgan fingerprint density at radius 3 is 2.36 bits per heavy atom. The van der Waals surface area contributed by atoms with Gasteiger partial charge in [-0.1, -0.05) is 17.9 Å². The molecule has 1 atom stereocenters. The number of halogens is 4. The summed E-state index contributed by atoms with van der Waals surface area (Å²) in [7, 11) is 1.38. The smallest absolute Gasteiger partial charge is 0.871 e. The molecule has 2 amide bonds. The molecule has 1 heterocycles. The number of anilines is 1. The van der Waals surface area contributed by atoms with Gasteiger partial charge >= 0.3 is 71.5 Å². The number of carboxylic acid groups (broad SMARTS) is 1. The van der Waals surface area contributed by atoms with Crippen LogP contribution < -0.4 is 90.3 Å². The van der Waals surface area contributed by atoms with Gasteiger partial charge in [0.2, 0.25) is 0 Å². The van der Waals surface area contributed by atoms with Gasteiger partial charge in [-0.05, 0) is 60.0 Å². The molecule has 0 bridgehead atoms. The van der Waals surface area contributed by atoms with Crippen molar-refractivity contribution in [3.8, 4) is 22.6 Å². The molecule has 39 heavy (non-hydrogen) atoms. The Bertz CT molecular complexity index is 1420. The van der Waals surface area contributed by atoms with E-state index in [-0.39, 0.29) is 75.8 Å². The molecule has 15 heteroatoms. The summed E-state index contributed by atoms with van der Waals surface area (Å²) in [6.07, 6.45) is -5.78. The number of rotatable bonds is 7. The Morgan fingerprint density at radius 2 is 1.74 bits per heavy atom. The van der Waals surface area contributed by atoms with Gasteiger partial charge in [0.25, 0.3) is 5.56 Å². The average molecular weight is 567 g/mol. The Hall–Kier alpha value is -2.55. The third kappa shape index (κ3) is 9.55. The van der Waals surface area contributed by atoms with Gasteiger partial charge in [-0.2, -0.15) is 0 Å². The number of pyridine rings is 1. The van der Waals surface area contributed by atoms with Crippen molar-refractivity contribution in [1.82, 2.24) is 9.88 Å². The predicted molar refractivity (Wildman–Crippen MR) is 119 cm³/mol. The van der Waals surface area contributed by atoms with Crippen molar-refractivity contribution < 1.29 is 101 Å². The molecule has 0 fully saturated rings. The van der Waals surface area contributed by atoms with Gasteiger partial charge in [0, 0.05) is 25.1 Å². The minimum Gasteiger partial charge on any atom is -0.871 e. The number of carbonyl (C=O) groups is 2. The number of ether oxygens (including phenoxy) is 1. The van der Waals surface area contributed by atoms with E-state index in [1.54, 1.807) is 0 Å². The molecule has 2 aromatic carbocycles. The van der Waals surface area contributed by atoms with Crippen molar-refractivity contribution in [2.24, 2.45) is 7.05 Å². The summed E-state index contributed by atoms with van der Waals surface area (Å²) < 4.78 is 57.2. The number of aromatic nitrogens is 1. The zero-order chi connectivity index (χ0) is 27.5. The molecule has 0 saturated carbocycles. The maximum Gasteiger partial charge on any atom is 1.00 e. The summed E-state index contributed by atoms with van der Waals surface area (Å²) in [5.74, 6) is -3.84. The van der Waals surface area contributed by atoms with Crippen LogP contribution in [-0.4, -0.2) is 22.9 Å². The van der Waals surface area contributed by atoms with E-state index in [2.05, 4.69) is 15.4 Å². The Morgan fingerprint density at radius 1 is 1.08 bits per heavy atom. The number of urea groups is 1. The Balaban J connectivity index is 0.00000380. The fourth-order valence-electron chi connectivity index (χ4n) is 3.49. The number of carboxylic acids is 1. The molecule has 196 valence electrons. The van der Waals surface area contributed by atoms with E-state index < -0.39 is 59.4 Å². The normalized spacial score (nSPS) is 11.4. The number of aryl methyl sites for hydroxylation is 1. The van der Waals surface area contributed by atoms with E-state index in [9.17, 15) is 42.2 Å². The summed E-state index contributed by atoms with van der Waals surface area (Å²) in [6, 6.07) is 6.41. The van der Waals surface area contributed by atoms with Crippen LogP contribution in [0.1, 0.15) is 23.7 Å². The monoisotopic (exact) mass is 567 g/mol. The molecule has 0 spiro atoms. The first-order valence-electron chi connectivity index (χ1n) is 10.5. The SMILES string of the molecule is Cc1cc([O-])c(NC(=O)N[C@@H](CC(=O)[O-])c2cc(F)cc(-c3cccc(OC(F)(F)F)c3)c2)c(=O)n1C.[Na+].[Na+]. The van der Waals surface area contributed by atoms with Crippen LogP contribution in [-0.2, 0) is 11.8 Å². The van der Waals surface area contributed by atoms with E-state index in [0.717, 1.165) is 34.9 Å². The number of nitrogens with one attached hydrogen (secondary N) is 2. The molecule has 9 nitrogen and oxygen atoms in total. The standard InChI is InChI=1S/C24H21F4N3O6.2Na/c1-12-6-19(32)21(22(35)31(12)2)30-23(36)29-18(11-20(33)34)15-7-14(8-16(25)9-15)13-4-3-5-17(10-13)37-24(26,27)28;;/h3-10,18,32H,11H2,1-2H3,(H,33,34)(H2,29,30,36);;/q;2*+1/p-2/t18-;;/m0../s1. The first kappa shape index (κ1) is 34.5. The maximum atomic E-state index is 14.5. The Kier molecular flexibility index (Phi) is 12.5. The Labute approximate surface area is 263 Å². The van der Waals surface area contributed by atoms with Gasteiger partial charge in [-0.25, -0.2) is 9.18 Å². The number of aliphatic carboxylic acids is 1. The number of nitrogens with zero attached hydrogens (tertiary/aromatic N) is 1. The molecule has 0 aliphatic heterocycles. The number of hydrogen-bond acceptors (Lipinski definition) is 6. The number of benzene rings is 2. The number of carbonyl (C=O) groups excluding carboxylic acids is 2. The molecule has 0 aliphatic carbocycles. The quantitative estimate of drug-likeness (QED) is 0.225. The van der Waals surface area contributed by atoms with E-state index in [0.29, 0.717) is 5.69 Å². The molecular weight excluding hydrogens is 548 g/mol. The minimum atomic E-state index is -4.95. The molecule has 1 aromatic heterocycles. The second-order valence-corrected chi connectivity index (χ2v) is 7.97. The van der Waals surface area contributed by atoms with Crippen LogP contribution in [0.15, 0.2) is 53.3 Å². The first-order valence-corrected chi connectivity index (χ1v) is 10.5. The summed E-state index contributed by atoms with van der Waals surface area (Å²) >= 11 is 0. The van der Waals surface area contributed by atoms with Crippen molar-refractivity contribution in [3.63, 3.8) is 0 Å². The van der Waals surface area contributed by atoms with Crippen molar-refractivity contribution in [2.75, 3.05) is 5.32 Å². The van der Waals surface area contributed by atoms with Gasteiger partial charge in [-0.15, -0.1) is 13.2 Å². The van der Waals surface area contributed by atoms with E-state index in [1.807, 2.05) is 0 Å². The van der Waals surface area contributed by atoms with Crippen molar-refractivity contribution in [3.05, 3.63) is 76.0 Å². The summed E-state index contributed by atoms with van der Waals surface area (Å²) in [6.45, 7) is 1.51. The van der Waals surface area contributed by atoms with Gasteiger partial charge in [0.05, 0.1) is 6.04 Å². The molecule has 3 rings (SSSR count). The van der Waals surface area contributed by atoms with Crippen molar-refractivity contribution in [2.45, 2.75) is 25.7 Å². The summed E-state index contributed by atoms with van der Waals surface area (Å²) in [4.78, 5) is 36.2. The second-order valence-electron chi connectivity index (χ2n) is 7.97.